The van der Waals surface area contributed by atoms with Crippen LogP contribution in [0.1, 0.15) is 11.1 Å². The van der Waals surface area contributed by atoms with Crippen LogP contribution in [-0.4, -0.2) is 28.6 Å². The second-order valence-corrected chi connectivity index (χ2v) is 6.13. The number of para-hydroxylation sites is 2. The average molecular weight is 345 g/mol. The Bertz CT molecular complexity index is 947. The number of aromatic nitrogens is 2. The Morgan fingerprint density at radius 1 is 1.15 bits per heavy atom. The molecule has 1 aliphatic rings. The van der Waals surface area contributed by atoms with Crippen LogP contribution in [0.3, 0.4) is 0 Å². The van der Waals surface area contributed by atoms with Crippen molar-refractivity contribution in [3.05, 3.63) is 85.0 Å². The molecular weight excluding hydrogens is 326 g/mol. The summed E-state index contributed by atoms with van der Waals surface area (Å²) in [5, 5.41) is 0. The maximum atomic E-state index is 12.7. The van der Waals surface area contributed by atoms with E-state index in [4.69, 9.17) is 4.74 Å². The highest BCUT2D eigenvalue weighted by Gasteiger charge is 2.24. The van der Waals surface area contributed by atoms with E-state index in [2.05, 4.69) is 17.6 Å². The minimum absolute atomic E-state index is 0.0114. The summed E-state index contributed by atoms with van der Waals surface area (Å²) in [6, 6.07) is 15.6. The molecule has 4 rings (SSSR count). The maximum Gasteiger partial charge on any atom is 0.264 e. The molecule has 0 aliphatic carbocycles. The zero-order valence-electron chi connectivity index (χ0n) is 14.3. The summed E-state index contributed by atoms with van der Waals surface area (Å²) < 4.78 is 7.68. The van der Waals surface area contributed by atoms with E-state index in [0.717, 1.165) is 23.4 Å². The molecule has 0 saturated heterocycles. The molecule has 0 unspecified atom stereocenters. The summed E-state index contributed by atoms with van der Waals surface area (Å²) in [5.74, 6) is 0.588. The van der Waals surface area contributed by atoms with Crippen molar-refractivity contribution < 1.29 is 9.53 Å². The van der Waals surface area contributed by atoms with Gasteiger partial charge in [0.25, 0.3) is 5.91 Å². The molecule has 0 saturated carbocycles. The van der Waals surface area contributed by atoms with Crippen molar-refractivity contribution in [2.75, 3.05) is 18.1 Å². The van der Waals surface area contributed by atoms with Crippen molar-refractivity contribution in [2.24, 2.45) is 0 Å². The predicted molar refractivity (Wildman–Crippen MR) is 101 cm³/mol. The second-order valence-electron chi connectivity index (χ2n) is 6.13. The largest absolute Gasteiger partial charge is 0.483 e. The van der Waals surface area contributed by atoms with Crippen LogP contribution in [0.5, 0.6) is 5.75 Å². The van der Waals surface area contributed by atoms with E-state index in [1.165, 1.54) is 5.56 Å². The lowest BCUT2D eigenvalue weighted by Crippen LogP contribution is -2.33. The molecule has 3 aromatic rings. The van der Waals surface area contributed by atoms with Gasteiger partial charge in [0.1, 0.15) is 5.75 Å². The van der Waals surface area contributed by atoms with E-state index in [1.54, 1.807) is 17.4 Å². The Hall–Kier alpha value is -3.34. The number of fused-ring (bicyclic) bond motifs is 1. The lowest BCUT2D eigenvalue weighted by Gasteiger charge is -2.19. The monoisotopic (exact) mass is 345 g/mol. The van der Waals surface area contributed by atoms with Crippen LogP contribution >= 0.6 is 0 Å². The number of nitrogens with zero attached hydrogens (tertiary/aromatic N) is 3. The smallest absolute Gasteiger partial charge is 0.264 e. The molecule has 5 nitrogen and oxygen atoms in total. The highest BCUT2D eigenvalue weighted by Crippen LogP contribution is 2.29. The Labute approximate surface area is 152 Å². The third-order valence-corrected chi connectivity index (χ3v) is 4.55. The van der Waals surface area contributed by atoms with Crippen LogP contribution < -0.4 is 9.64 Å². The highest BCUT2D eigenvalue weighted by atomic mass is 16.5. The van der Waals surface area contributed by atoms with Gasteiger partial charge in [-0.15, -0.1) is 0 Å². The summed E-state index contributed by atoms with van der Waals surface area (Å²) in [4.78, 5) is 18.5. The minimum Gasteiger partial charge on any atom is -0.483 e. The van der Waals surface area contributed by atoms with Crippen LogP contribution in [-0.2, 0) is 11.2 Å². The van der Waals surface area contributed by atoms with Gasteiger partial charge in [-0.2, -0.15) is 0 Å². The normalized spacial score (nSPS) is 12.7. The van der Waals surface area contributed by atoms with Crippen LogP contribution in [0, 0.1) is 0 Å². The van der Waals surface area contributed by atoms with E-state index in [9.17, 15) is 4.79 Å². The highest BCUT2D eigenvalue weighted by molar-refractivity contribution is 5.96. The number of hydrogen-bond acceptors (Lipinski definition) is 3. The van der Waals surface area contributed by atoms with Crippen molar-refractivity contribution in [3.63, 3.8) is 0 Å². The molecule has 5 heteroatoms. The lowest BCUT2D eigenvalue weighted by atomic mass is 10.1. The van der Waals surface area contributed by atoms with E-state index in [1.807, 2.05) is 53.2 Å². The molecule has 130 valence electrons. The maximum absolute atomic E-state index is 12.7. The molecule has 2 aromatic carbocycles. The first kappa shape index (κ1) is 16.1. The van der Waals surface area contributed by atoms with E-state index < -0.39 is 0 Å². The molecule has 1 amide bonds. The van der Waals surface area contributed by atoms with Crippen LogP contribution in [0.15, 0.2) is 73.8 Å². The molecular formula is C21H19N3O2. The number of ether oxygens (including phenoxy) is 1. The van der Waals surface area contributed by atoms with Crippen molar-refractivity contribution in [3.8, 4) is 5.75 Å². The molecule has 0 atom stereocenters. The van der Waals surface area contributed by atoms with Gasteiger partial charge < -0.3 is 14.2 Å². The van der Waals surface area contributed by atoms with E-state index in [0.29, 0.717) is 12.3 Å². The zero-order valence-corrected chi connectivity index (χ0v) is 14.3. The number of anilines is 1. The fraction of sp³-hybridized carbons (Fsp3) is 0.143. The number of rotatable bonds is 5. The molecule has 26 heavy (non-hydrogen) atoms. The van der Waals surface area contributed by atoms with Gasteiger partial charge >= 0.3 is 0 Å². The molecule has 0 spiro atoms. The van der Waals surface area contributed by atoms with E-state index in [-0.39, 0.29) is 12.5 Å². The summed E-state index contributed by atoms with van der Waals surface area (Å²) in [6.45, 7) is 4.80. The number of hydrogen-bond donors (Lipinski definition) is 0. The Morgan fingerprint density at radius 2 is 1.96 bits per heavy atom. The topological polar surface area (TPSA) is 47.4 Å². The zero-order chi connectivity index (χ0) is 17.9. The van der Waals surface area contributed by atoms with Gasteiger partial charge in [-0.25, -0.2) is 4.98 Å². The van der Waals surface area contributed by atoms with Gasteiger partial charge in [0.05, 0.1) is 12.0 Å². The van der Waals surface area contributed by atoms with Gasteiger partial charge in [0.15, 0.2) is 6.61 Å². The number of amides is 1. The van der Waals surface area contributed by atoms with Crippen molar-refractivity contribution in [1.82, 2.24) is 9.55 Å². The summed E-state index contributed by atoms with van der Waals surface area (Å²) in [7, 11) is 0. The lowest BCUT2D eigenvalue weighted by molar-refractivity contribution is -0.120. The number of benzene rings is 2. The quantitative estimate of drug-likeness (QED) is 0.712. The SMILES string of the molecule is C=C(c1ccccc1OCC(=O)N1CCc2ccccc21)n1ccnc1. The van der Waals surface area contributed by atoms with Gasteiger partial charge in [-0.1, -0.05) is 36.9 Å². The van der Waals surface area contributed by atoms with Gasteiger partial charge in [-0.05, 0) is 30.2 Å². The standard InChI is InChI=1S/C21H19N3O2/c1-16(23-13-11-22-15-23)18-7-3-5-9-20(18)26-14-21(25)24-12-10-17-6-2-4-8-19(17)24/h2-9,11,13,15H,1,10,12,14H2. The first-order chi connectivity index (χ1) is 12.7. The third kappa shape index (κ3) is 2.99. The first-order valence-corrected chi connectivity index (χ1v) is 8.52. The molecule has 0 radical (unpaired) electrons. The van der Waals surface area contributed by atoms with Crippen molar-refractivity contribution in [1.29, 1.82) is 0 Å². The molecule has 2 heterocycles. The van der Waals surface area contributed by atoms with Crippen molar-refractivity contribution >= 4 is 17.3 Å². The molecule has 0 bridgehead atoms. The second kappa shape index (κ2) is 6.88. The summed E-state index contributed by atoms with van der Waals surface area (Å²) in [6.07, 6.45) is 6.09. The molecule has 0 fully saturated rings. The third-order valence-electron chi connectivity index (χ3n) is 4.55. The number of carbonyl (C=O) groups excluding carboxylic acids is 1. The molecule has 0 N–H and O–H groups in total. The Morgan fingerprint density at radius 3 is 2.81 bits per heavy atom. The van der Waals surface area contributed by atoms with Gasteiger partial charge in [-0.3, -0.25) is 4.79 Å². The fourth-order valence-corrected chi connectivity index (χ4v) is 3.20. The first-order valence-electron chi connectivity index (χ1n) is 8.52. The minimum atomic E-state index is -0.0435. The number of carbonyl (C=O) groups is 1. The average Bonchev–Trinajstić information content (AvgIpc) is 3.35. The summed E-state index contributed by atoms with van der Waals surface area (Å²) >= 11 is 0. The number of imidazole rings is 1. The molecule has 1 aromatic heterocycles. The van der Waals surface area contributed by atoms with Crippen LogP contribution in [0.2, 0.25) is 0 Å². The predicted octanol–water partition coefficient (Wildman–Crippen LogP) is 3.37. The van der Waals surface area contributed by atoms with Crippen molar-refractivity contribution in [2.45, 2.75) is 6.42 Å². The van der Waals surface area contributed by atoms with Gasteiger partial charge in [0.2, 0.25) is 0 Å². The van der Waals surface area contributed by atoms with Crippen LogP contribution in [0.4, 0.5) is 5.69 Å². The van der Waals surface area contributed by atoms with E-state index >= 15 is 0 Å². The fourth-order valence-electron chi connectivity index (χ4n) is 3.20. The summed E-state index contributed by atoms with van der Waals surface area (Å²) in [5.41, 5.74) is 3.77. The Balaban J connectivity index is 1.49. The van der Waals surface area contributed by atoms with Crippen LogP contribution in [0.25, 0.3) is 5.70 Å². The van der Waals surface area contributed by atoms with Gasteiger partial charge in [0, 0.05) is 30.2 Å². The Kier molecular flexibility index (Phi) is 4.27. The molecule has 1 aliphatic heterocycles.